The van der Waals surface area contributed by atoms with Gasteiger partial charge in [0.05, 0.1) is 24.4 Å². The largest absolute Gasteiger partial charge is 0.391 e. The second-order valence-electron chi connectivity index (χ2n) is 4.62. The molecule has 0 radical (unpaired) electrons. The van der Waals surface area contributed by atoms with Crippen LogP contribution in [0.25, 0.3) is 0 Å². The highest BCUT2D eigenvalue weighted by Gasteiger charge is 2.39. The molecule has 0 aromatic carbocycles. The number of ether oxygens (including phenoxy) is 2. The van der Waals surface area contributed by atoms with Crippen molar-refractivity contribution in [3.8, 4) is 6.07 Å². The monoisotopic (exact) mass is 227 g/mol. The van der Waals surface area contributed by atoms with Crippen molar-refractivity contribution < 1.29 is 14.6 Å². The van der Waals surface area contributed by atoms with Crippen molar-refractivity contribution in [1.29, 1.82) is 5.26 Å². The summed E-state index contributed by atoms with van der Waals surface area (Å²) in [5, 5.41) is 18.7. The molecule has 4 heteroatoms. The first kappa shape index (κ1) is 13.4. The van der Waals surface area contributed by atoms with Gasteiger partial charge in [0, 0.05) is 13.5 Å². The van der Waals surface area contributed by atoms with E-state index in [1.54, 1.807) is 21.0 Å². The molecule has 0 bridgehead atoms. The molecule has 0 aromatic heterocycles. The molecular formula is C12H21NO3. The topological polar surface area (TPSA) is 62.5 Å². The van der Waals surface area contributed by atoms with Crippen LogP contribution in [0.15, 0.2) is 0 Å². The minimum absolute atomic E-state index is 0.0922. The Balaban J connectivity index is 2.66. The molecule has 0 heterocycles. The molecule has 0 saturated heterocycles. The molecular weight excluding hydrogens is 206 g/mol. The third-order valence-corrected chi connectivity index (χ3v) is 3.29. The summed E-state index contributed by atoms with van der Waals surface area (Å²) >= 11 is 0. The molecule has 1 aliphatic rings. The number of methoxy groups -OCH3 is 1. The Morgan fingerprint density at radius 3 is 2.69 bits per heavy atom. The van der Waals surface area contributed by atoms with Crippen molar-refractivity contribution in [2.75, 3.05) is 7.11 Å². The van der Waals surface area contributed by atoms with Gasteiger partial charge in [0.25, 0.3) is 0 Å². The molecule has 92 valence electrons. The van der Waals surface area contributed by atoms with Gasteiger partial charge < -0.3 is 14.6 Å². The van der Waals surface area contributed by atoms with Crippen LogP contribution in [-0.2, 0) is 9.47 Å². The second-order valence-corrected chi connectivity index (χ2v) is 4.62. The normalized spacial score (nSPS) is 34.1. The summed E-state index contributed by atoms with van der Waals surface area (Å²) in [4.78, 5) is 0. The summed E-state index contributed by atoms with van der Waals surface area (Å²) in [6, 6.07) is 2.25. The van der Waals surface area contributed by atoms with E-state index in [2.05, 4.69) is 6.07 Å². The van der Waals surface area contributed by atoms with Crippen LogP contribution >= 0.6 is 0 Å². The van der Waals surface area contributed by atoms with E-state index >= 15 is 0 Å². The van der Waals surface area contributed by atoms with E-state index < -0.39 is 11.7 Å². The predicted molar refractivity (Wildman–Crippen MR) is 59.8 cm³/mol. The molecule has 4 unspecified atom stereocenters. The van der Waals surface area contributed by atoms with E-state index in [1.165, 1.54) is 0 Å². The van der Waals surface area contributed by atoms with Gasteiger partial charge in [-0.1, -0.05) is 0 Å². The van der Waals surface area contributed by atoms with Crippen molar-refractivity contribution in [3.05, 3.63) is 0 Å². The van der Waals surface area contributed by atoms with E-state index in [9.17, 15) is 10.4 Å². The fourth-order valence-electron chi connectivity index (χ4n) is 2.08. The van der Waals surface area contributed by atoms with Gasteiger partial charge in [-0.2, -0.15) is 5.26 Å². The third kappa shape index (κ3) is 3.18. The van der Waals surface area contributed by atoms with Gasteiger partial charge in [0.2, 0.25) is 0 Å². The number of hydrogen-bond donors (Lipinski definition) is 1. The van der Waals surface area contributed by atoms with Gasteiger partial charge in [0.15, 0.2) is 5.60 Å². The zero-order valence-corrected chi connectivity index (χ0v) is 10.3. The first-order valence-corrected chi connectivity index (χ1v) is 5.83. The lowest BCUT2D eigenvalue weighted by atomic mass is 9.83. The maximum absolute atomic E-state index is 9.42. The molecule has 1 aliphatic carbocycles. The number of aliphatic hydroxyl groups is 1. The molecule has 16 heavy (non-hydrogen) atoms. The Morgan fingerprint density at radius 1 is 1.50 bits per heavy atom. The summed E-state index contributed by atoms with van der Waals surface area (Å²) in [5.74, 6) is 0. The van der Waals surface area contributed by atoms with Crippen molar-refractivity contribution >= 4 is 0 Å². The van der Waals surface area contributed by atoms with E-state index in [0.717, 1.165) is 19.3 Å². The Morgan fingerprint density at radius 2 is 2.19 bits per heavy atom. The van der Waals surface area contributed by atoms with E-state index in [-0.39, 0.29) is 12.2 Å². The second kappa shape index (κ2) is 5.62. The predicted octanol–water partition coefficient (Wildman–Crippen LogP) is 1.62. The summed E-state index contributed by atoms with van der Waals surface area (Å²) in [6.07, 6.45) is 2.43. The van der Waals surface area contributed by atoms with E-state index in [4.69, 9.17) is 9.47 Å². The first-order valence-electron chi connectivity index (χ1n) is 5.83. The number of nitrogens with zero attached hydrogens (tertiary/aromatic N) is 1. The molecule has 4 nitrogen and oxygen atoms in total. The standard InChI is InChI=1S/C12H21NO3/c1-9(14)10(2)16-12(8-13)6-4-5-11(7-12)15-3/h9-11,14H,4-7H2,1-3H3. The molecule has 1 rings (SSSR count). The van der Waals surface area contributed by atoms with Crippen LogP contribution in [0, 0.1) is 11.3 Å². The maximum Gasteiger partial charge on any atom is 0.157 e. The highest BCUT2D eigenvalue weighted by molar-refractivity contribution is 5.06. The van der Waals surface area contributed by atoms with Crippen LogP contribution in [0.3, 0.4) is 0 Å². The van der Waals surface area contributed by atoms with E-state index in [0.29, 0.717) is 6.42 Å². The summed E-state index contributed by atoms with van der Waals surface area (Å²) < 4.78 is 11.0. The van der Waals surface area contributed by atoms with E-state index in [1.807, 2.05) is 0 Å². The van der Waals surface area contributed by atoms with Crippen LogP contribution in [0.4, 0.5) is 0 Å². The SMILES string of the molecule is COC1CCCC(C#N)(OC(C)C(C)O)C1. The Bertz CT molecular complexity index is 261. The lowest BCUT2D eigenvalue weighted by Gasteiger charge is -2.37. The molecule has 0 aliphatic heterocycles. The smallest absolute Gasteiger partial charge is 0.157 e. The molecule has 1 N–H and O–H groups in total. The summed E-state index contributed by atoms with van der Waals surface area (Å²) in [6.45, 7) is 3.46. The van der Waals surface area contributed by atoms with Crippen LogP contribution in [0.1, 0.15) is 39.5 Å². The zero-order valence-electron chi connectivity index (χ0n) is 10.3. The molecule has 1 fully saturated rings. The van der Waals surface area contributed by atoms with Gasteiger partial charge in [-0.15, -0.1) is 0 Å². The number of rotatable bonds is 4. The lowest BCUT2D eigenvalue weighted by Crippen LogP contribution is -2.43. The molecule has 0 aromatic rings. The third-order valence-electron chi connectivity index (χ3n) is 3.29. The number of nitriles is 1. The van der Waals surface area contributed by atoms with Crippen LogP contribution < -0.4 is 0 Å². The molecule has 0 amide bonds. The average molecular weight is 227 g/mol. The van der Waals surface area contributed by atoms with Gasteiger partial charge in [0.1, 0.15) is 0 Å². The fourth-order valence-corrected chi connectivity index (χ4v) is 2.08. The van der Waals surface area contributed by atoms with Crippen molar-refractivity contribution in [2.24, 2.45) is 0 Å². The zero-order chi connectivity index (χ0) is 12.2. The van der Waals surface area contributed by atoms with Gasteiger partial charge in [-0.05, 0) is 33.1 Å². The molecule has 1 saturated carbocycles. The van der Waals surface area contributed by atoms with Crippen LogP contribution in [0.5, 0.6) is 0 Å². The van der Waals surface area contributed by atoms with Crippen molar-refractivity contribution in [3.63, 3.8) is 0 Å². The highest BCUT2D eigenvalue weighted by Crippen LogP contribution is 2.33. The number of hydrogen-bond acceptors (Lipinski definition) is 4. The van der Waals surface area contributed by atoms with Crippen molar-refractivity contribution in [1.82, 2.24) is 0 Å². The quantitative estimate of drug-likeness (QED) is 0.792. The molecule has 0 spiro atoms. The van der Waals surface area contributed by atoms with Gasteiger partial charge in [-0.25, -0.2) is 0 Å². The van der Waals surface area contributed by atoms with Gasteiger partial charge >= 0.3 is 0 Å². The summed E-state index contributed by atoms with van der Waals surface area (Å²) in [5.41, 5.74) is -0.782. The van der Waals surface area contributed by atoms with Crippen LogP contribution in [0.2, 0.25) is 0 Å². The highest BCUT2D eigenvalue weighted by atomic mass is 16.5. The first-order chi connectivity index (χ1) is 7.53. The maximum atomic E-state index is 9.42. The lowest BCUT2D eigenvalue weighted by molar-refractivity contribution is -0.129. The summed E-state index contributed by atoms with van der Waals surface area (Å²) in [7, 11) is 1.66. The molecule has 4 atom stereocenters. The Kier molecular flexibility index (Phi) is 4.72. The van der Waals surface area contributed by atoms with Crippen LogP contribution in [-0.4, -0.2) is 36.1 Å². The number of aliphatic hydroxyl groups excluding tert-OH is 1. The minimum Gasteiger partial charge on any atom is -0.391 e. The van der Waals surface area contributed by atoms with Gasteiger partial charge in [-0.3, -0.25) is 0 Å². The fraction of sp³-hybridized carbons (Fsp3) is 0.917. The average Bonchev–Trinajstić information content (AvgIpc) is 2.29. The minimum atomic E-state index is -0.782. The Hall–Kier alpha value is -0.630. The Labute approximate surface area is 97.2 Å². The van der Waals surface area contributed by atoms with Crippen molar-refractivity contribution in [2.45, 2.75) is 63.4 Å².